The molecule has 2 aromatic carbocycles. The summed E-state index contributed by atoms with van der Waals surface area (Å²) < 4.78 is 25.8. The lowest BCUT2D eigenvalue weighted by molar-refractivity contribution is -0.152. The lowest BCUT2D eigenvalue weighted by atomic mass is 9.78. The van der Waals surface area contributed by atoms with E-state index in [0.717, 1.165) is 18.4 Å². The Kier molecular flexibility index (Phi) is 4.99. The molecular weight excluding hydrogens is 357 g/mol. The van der Waals surface area contributed by atoms with Gasteiger partial charge in [0.25, 0.3) is 0 Å². The van der Waals surface area contributed by atoms with Crippen LogP contribution in [0.3, 0.4) is 0 Å². The van der Waals surface area contributed by atoms with Crippen molar-refractivity contribution in [3.8, 4) is 11.5 Å². The SMILES string of the molecule is Cc1oc(-c2ccccc2)nc1COC(=O)C1(c2ccccc2F)CCCC1. The summed E-state index contributed by atoms with van der Waals surface area (Å²) >= 11 is 0. The van der Waals surface area contributed by atoms with Gasteiger partial charge >= 0.3 is 5.97 Å². The van der Waals surface area contributed by atoms with E-state index in [1.54, 1.807) is 25.1 Å². The Bertz CT molecular complexity index is 975. The van der Waals surface area contributed by atoms with E-state index in [-0.39, 0.29) is 12.4 Å². The Hall–Kier alpha value is -2.95. The summed E-state index contributed by atoms with van der Waals surface area (Å²) in [5.74, 6) is 0.357. The van der Waals surface area contributed by atoms with Gasteiger partial charge in [-0.15, -0.1) is 0 Å². The first kappa shape index (κ1) is 18.4. The van der Waals surface area contributed by atoms with Crippen molar-refractivity contribution < 1.29 is 18.3 Å². The highest BCUT2D eigenvalue weighted by molar-refractivity contribution is 5.83. The molecule has 0 aliphatic heterocycles. The quantitative estimate of drug-likeness (QED) is 0.561. The second-order valence-electron chi connectivity index (χ2n) is 7.23. The molecule has 0 saturated heterocycles. The zero-order valence-corrected chi connectivity index (χ0v) is 15.8. The molecule has 28 heavy (non-hydrogen) atoms. The first-order chi connectivity index (χ1) is 13.6. The van der Waals surface area contributed by atoms with Crippen LogP contribution >= 0.6 is 0 Å². The van der Waals surface area contributed by atoms with Crippen LogP contribution in [0, 0.1) is 12.7 Å². The Balaban J connectivity index is 1.54. The second kappa shape index (κ2) is 7.58. The van der Waals surface area contributed by atoms with Gasteiger partial charge in [0.2, 0.25) is 5.89 Å². The number of aromatic nitrogens is 1. The van der Waals surface area contributed by atoms with Gasteiger partial charge in [-0.25, -0.2) is 9.37 Å². The number of carbonyl (C=O) groups excluding carboxylic acids is 1. The zero-order valence-electron chi connectivity index (χ0n) is 15.8. The molecule has 1 aliphatic carbocycles. The van der Waals surface area contributed by atoms with Crippen molar-refractivity contribution in [3.63, 3.8) is 0 Å². The van der Waals surface area contributed by atoms with E-state index in [9.17, 15) is 9.18 Å². The van der Waals surface area contributed by atoms with Gasteiger partial charge in [0.15, 0.2) is 0 Å². The smallest absolute Gasteiger partial charge is 0.317 e. The minimum atomic E-state index is -0.911. The topological polar surface area (TPSA) is 52.3 Å². The molecule has 0 spiro atoms. The van der Waals surface area contributed by atoms with Crippen molar-refractivity contribution in [1.29, 1.82) is 0 Å². The fraction of sp³-hybridized carbons (Fsp3) is 0.304. The number of nitrogens with zero attached hydrogens (tertiary/aromatic N) is 1. The molecule has 4 rings (SSSR count). The van der Waals surface area contributed by atoms with Gasteiger partial charge in [0.05, 0.1) is 5.41 Å². The minimum Gasteiger partial charge on any atom is -0.458 e. The second-order valence-corrected chi connectivity index (χ2v) is 7.23. The molecule has 0 N–H and O–H groups in total. The van der Waals surface area contributed by atoms with Crippen LogP contribution in [0.25, 0.3) is 11.5 Å². The van der Waals surface area contributed by atoms with Gasteiger partial charge in [-0.2, -0.15) is 0 Å². The number of esters is 1. The average molecular weight is 379 g/mol. The van der Waals surface area contributed by atoms with Crippen molar-refractivity contribution in [2.45, 2.75) is 44.6 Å². The lowest BCUT2D eigenvalue weighted by Gasteiger charge is -2.27. The van der Waals surface area contributed by atoms with Crippen LogP contribution in [-0.2, 0) is 21.6 Å². The van der Waals surface area contributed by atoms with Crippen molar-refractivity contribution in [2.75, 3.05) is 0 Å². The number of hydrogen-bond donors (Lipinski definition) is 0. The molecule has 1 fully saturated rings. The molecule has 1 heterocycles. The van der Waals surface area contributed by atoms with Crippen molar-refractivity contribution in [3.05, 3.63) is 77.4 Å². The van der Waals surface area contributed by atoms with Crippen LogP contribution in [-0.4, -0.2) is 11.0 Å². The zero-order chi connectivity index (χ0) is 19.6. The van der Waals surface area contributed by atoms with Crippen LogP contribution in [0.15, 0.2) is 59.0 Å². The number of ether oxygens (including phenoxy) is 1. The van der Waals surface area contributed by atoms with Crippen LogP contribution in [0.2, 0.25) is 0 Å². The number of rotatable bonds is 5. The molecule has 0 radical (unpaired) electrons. The van der Waals surface area contributed by atoms with Crippen molar-refractivity contribution in [2.24, 2.45) is 0 Å². The average Bonchev–Trinajstić information content (AvgIpc) is 3.35. The molecule has 1 saturated carbocycles. The molecule has 3 aromatic rings. The van der Waals surface area contributed by atoms with E-state index in [0.29, 0.717) is 35.7 Å². The molecule has 0 atom stereocenters. The molecular formula is C23H22FNO3. The fourth-order valence-corrected chi connectivity index (χ4v) is 3.95. The van der Waals surface area contributed by atoms with Crippen molar-refractivity contribution in [1.82, 2.24) is 4.98 Å². The first-order valence-electron chi connectivity index (χ1n) is 9.54. The number of aryl methyl sites for hydroxylation is 1. The third kappa shape index (κ3) is 3.33. The molecule has 5 heteroatoms. The summed E-state index contributed by atoms with van der Waals surface area (Å²) in [6, 6.07) is 16.1. The summed E-state index contributed by atoms with van der Waals surface area (Å²) in [5, 5.41) is 0. The standard InChI is InChI=1S/C23H22FNO3/c1-16-20(25-21(28-16)17-9-3-2-4-10-17)15-27-22(26)23(13-7-8-14-23)18-11-5-6-12-19(18)24/h2-6,9-12H,7-8,13-15H2,1H3. The van der Waals surface area contributed by atoms with Crippen LogP contribution in [0.5, 0.6) is 0 Å². The van der Waals surface area contributed by atoms with Crippen LogP contribution in [0.4, 0.5) is 4.39 Å². The van der Waals surface area contributed by atoms with Gasteiger partial charge in [-0.1, -0.05) is 49.2 Å². The Morgan fingerprint density at radius 2 is 1.79 bits per heavy atom. The van der Waals surface area contributed by atoms with Crippen LogP contribution in [0.1, 0.15) is 42.7 Å². The number of oxazole rings is 1. The summed E-state index contributed by atoms with van der Waals surface area (Å²) in [4.78, 5) is 17.5. The van der Waals surface area contributed by atoms with Crippen molar-refractivity contribution >= 4 is 5.97 Å². The summed E-state index contributed by atoms with van der Waals surface area (Å²) in [6.07, 6.45) is 2.95. The molecule has 144 valence electrons. The van der Waals surface area contributed by atoms with E-state index in [1.165, 1.54) is 6.07 Å². The molecule has 0 unspecified atom stereocenters. The monoisotopic (exact) mass is 379 g/mol. The number of benzene rings is 2. The summed E-state index contributed by atoms with van der Waals surface area (Å²) in [6.45, 7) is 1.81. The van der Waals surface area contributed by atoms with E-state index >= 15 is 0 Å². The normalized spacial score (nSPS) is 15.5. The molecule has 1 aromatic heterocycles. The Morgan fingerprint density at radius 3 is 2.50 bits per heavy atom. The summed E-state index contributed by atoms with van der Waals surface area (Å²) in [7, 11) is 0. The fourth-order valence-electron chi connectivity index (χ4n) is 3.95. The maximum atomic E-state index is 14.4. The Labute approximate surface area is 163 Å². The maximum absolute atomic E-state index is 14.4. The van der Waals surface area contributed by atoms with E-state index < -0.39 is 11.4 Å². The largest absolute Gasteiger partial charge is 0.458 e. The maximum Gasteiger partial charge on any atom is 0.317 e. The highest BCUT2D eigenvalue weighted by Gasteiger charge is 2.45. The van der Waals surface area contributed by atoms with Gasteiger partial charge in [-0.05, 0) is 38.0 Å². The van der Waals surface area contributed by atoms with Gasteiger partial charge in [-0.3, -0.25) is 4.79 Å². The number of hydrogen-bond acceptors (Lipinski definition) is 4. The highest BCUT2D eigenvalue weighted by atomic mass is 19.1. The molecule has 0 bridgehead atoms. The number of carbonyl (C=O) groups is 1. The van der Waals surface area contributed by atoms with Crippen LogP contribution < -0.4 is 0 Å². The lowest BCUT2D eigenvalue weighted by Crippen LogP contribution is -2.35. The van der Waals surface area contributed by atoms with Gasteiger partial charge in [0, 0.05) is 11.1 Å². The minimum absolute atomic E-state index is 0.0111. The third-order valence-corrected chi connectivity index (χ3v) is 5.49. The highest BCUT2D eigenvalue weighted by Crippen LogP contribution is 2.43. The first-order valence-corrected chi connectivity index (χ1v) is 9.54. The van der Waals surface area contributed by atoms with Gasteiger partial charge < -0.3 is 9.15 Å². The van der Waals surface area contributed by atoms with Gasteiger partial charge in [0.1, 0.15) is 23.9 Å². The molecule has 4 nitrogen and oxygen atoms in total. The van der Waals surface area contributed by atoms with E-state index in [1.807, 2.05) is 30.3 Å². The Morgan fingerprint density at radius 1 is 1.11 bits per heavy atom. The molecule has 0 amide bonds. The summed E-state index contributed by atoms with van der Waals surface area (Å²) in [5.41, 5.74) is 0.959. The predicted molar refractivity (Wildman–Crippen MR) is 103 cm³/mol. The third-order valence-electron chi connectivity index (χ3n) is 5.49. The van der Waals surface area contributed by atoms with E-state index in [4.69, 9.17) is 9.15 Å². The molecule has 1 aliphatic rings. The number of halogens is 1. The predicted octanol–water partition coefficient (Wildman–Crippen LogP) is 5.34. The van der Waals surface area contributed by atoms with E-state index in [2.05, 4.69) is 4.98 Å².